The molecule has 0 unspecified atom stereocenters. The van der Waals surface area contributed by atoms with Gasteiger partial charge in [0.25, 0.3) is 0 Å². The number of anilines is 1. The van der Waals surface area contributed by atoms with Crippen LogP contribution in [0, 0.1) is 23.3 Å². The number of rotatable bonds is 4. The van der Waals surface area contributed by atoms with E-state index in [0.29, 0.717) is 0 Å². The van der Waals surface area contributed by atoms with Gasteiger partial charge in [-0.15, -0.1) is 5.10 Å². The number of para-hydroxylation sites is 1. The van der Waals surface area contributed by atoms with Crippen LogP contribution in [0.1, 0.15) is 5.82 Å². The molecule has 0 saturated carbocycles. The van der Waals surface area contributed by atoms with E-state index >= 15 is 0 Å². The molecule has 0 atom stereocenters. The average Bonchev–Trinajstić information content (AvgIpc) is 3.07. The first kappa shape index (κ1) is 17.3. The molecule has 26 heavy (non-hydrogen) atoms. The molecule has 0 bridgehead atoms. The number of halogens is 4. The van der Waals surface area contributed by atoms with Crippen LogP contribution in [-0.2, 0) is 6.54 Å². The summed E-state index contributed by atoms with van der Waals surface area (Å²) in [5.41, 5.74) is -0.476. The molecule has 134 valence electrons. The topological polar surface area (TPSA) is 84.7 Å². The third-order valence-corrected chi connectivity index (χ3v) is 3.29. The Labute approximate surface area is 143 Å². The zero-order valence-corrected chi connectivity index (χ0v) is 12.9. The van der Waals surface area contributed by atoms with Crippen LogP contribution in [0.2, 0.25) is 0 Å². The van der Waals surface area contributed by atoms with Crippen LogP contribution in [0.15, 0.2) is 36.4 Å². The SMILES string of the molecule is O=C(NCc1nnnn1-c1ccc(F)c(F)c1)Nc1c(F)cccc1F. The van der Waals surface area contributed by atoms with Crippen molar-refractivity contribution < 1.29 is 22.4 Å². The predicted octanol–water partition coefficient (Wildman–Crippen LogP) is 2.54. The molecule has 1 aromatic heterocycles. The van der Waals surface area contributed by atoms with Crippen molar-refractivity contribution >= 4 is 11.7 Å². The summed E-state index contributed by atoms with van der Waals surface area (Å²) in [6.07, 6.45) is 0. The predicted molar refractivity (Wildman–Crippen MR) is 81.3 cm³/mol. The maximum Gasteiger partial charge on any atom is 0.319 e. The van der Waals surface area contributed by atoms with Crippen molar-refractivity contribution in [2.24, 2.45) is 0 Å². The van der Waals surface area contributed by atoms with E-state index in [1.807, 2.05) is 5.32 Å². The van der Waals surface area contributed by atoms with Crippen molar-refractivity contribution in [3.63, 3.8) is 0 Å². The standard InChI is InChI=1S/C15H10F4N6O/c16-9-5-4-8(6-12(9)19)25-13(22-23-24-25)7-20-15(26)21-14-10(17)2-1-3-11(14)18/h1-6H,7H2,(H2,20,21,26). The molecule has 3 rings (SSSR count). The highest BCUT2D eigenvalue weighted by atomic mass is 19.2. The van der Waals surface area contributed by atoms with E-state index in [1.165, 1.54) is 6.07 Å². The van der Waals surface area contributed by atoms with Gasteiger partial charge in [-0.05, 0) is 34.7 Å². The number of urea groups is 1. The van der Waals surface area contributed by atoms with Crippen LogP contribution in [0.4, 0.5) is 28.0 Å². The number of carbonyl (C=O) groups excluding carboxylic acids is 1. The molecule has 0 fully saturated rings. The van der Waals surface area contributed by atoms with E-state index in [1.54, 1.807) is 0 Å². The molecule has 0 radical (unpaired) electrons. The first-order valence-corrected chi connectivity index (χ1v) is 7.17. The molecule has 1 heterocycles. The van der Waals surface area contributed by atoms with Crippen LogP contribution in [-0.4, -0.2) is 26.2 Å². The van der Waals surface area contributed by atoms with E-state index in [2.05, 4.69) is 20.8 Å². The summed E-state index contributed by atoms with van der Waals surface area (Å²) in [7, 11) is 0. The highest BCUT2D eigenvalue weighted by Gasteiger charge is 2.14. The summed E-state index contributed by atoms with van der Waals surface area (Å²) in [5, 5.41) is 15.0. The van der Waals surface area contributed by atoms with Crippen molar-refractivity contribution in [3.05, 3.63) is 65.5 Å². The van der Waals surface area contributed by atoms with Gasteiger partial charge in [-0.1, -0.05) is 6.07 Å². The van der Waals surface area contributed by atoms with Crippen LogP contribution < -0.4 is 10.6 Å². The lowest BCUT2D eigenvalue weighted by atomic mass is 10.3. The van der Waals surface area contributed by atoms with Gasteiger partial charge in [-0.3, -0.25) is 0 Å². The number of benzene rings is 2. The van der Waals surface area contributed by atoms with Crippen molar-refractivity contribution in [2.75, 3.05) is 5.32 Å². The number of amides is 2. The smallest absolute Gasteiger partial charge is 0.319 e. The van der Waals surface area contributed by atoms with Crippen molar-refractivity contribution in [2.45, 2.75) is 6.54 Å². The second-order valence-corrected chi connectivity index (χ2v) is 5.01. The number of nitrogens with one attached hydrogen (secondary N) is 2. The van der Waals surface area contributed by atoms with Gasteiger partial charge < -0.3 is 10.6 Å². The normalized spacial score (nSPS) is 10.6. The molecule has 0 saturated heterocycles. The minimum Gasteiger partial charge on any atom is -0.330 e. The Morgan fingerprint density at radius 2 is 1.73 bits per heavy atom. The molecule has 2 amide bonds. The van der Waals surface area contributed by atoms with Gasteiger partial charge in [-0.2, -0.15) is 4.68 Å². The number of aromatic nitrogens is 4. The number of hydrogen-bond donors (Lipinski definition) is 2. The van der Waals surface area contributed by atoms with Gasteiger partial charge in [0.05, 0.1) is 12.2 Å². The molecule has 11 heteroatoms. The molecule has 2 N–H and O–H groups in total. The van der Waals surface area contributed by atoms with Crippen LogP contribution in [0.25, 0.3) is 5.69 Å². The summed E-state index contributed by atoms with van der Waals surface area (Å²) < 4.78 is 54.4. The van der Waals surface area contributed by atoms with Crippen LogP contribution >= 0.6 is 0 Å². The third-order valence-electron chi connectivity index (χ3n) is 3.29. The lowest BCUT2D eigenvalue weighted by Gasteiger charge is -2.09. The van der Waals surface area contributed by atoms with Gasteiger partial charge in [0.1, 0.15) is 17.3 Å². The van der Waals surface area contributed by atoms with E-state index in [4.69, 9.17) is 0 Å². The van der Waals surface area contributed by atoms with Crippen molar-refractivity contribution in [1.82, 2.24) is 25.5 Å². The average molecular weight is 366 g/mol. The summed E-state index contributed by atoms with van der Waals surface area (Å²) in [6.45, 7) is -0.242. The Hall–Kier alpha value is -3.50. The maximum absolute atomic E-state index is 13.5. The van der Waals surface area contributed by atoms with Crippen LogP contribution in [0.5, 0.6) is 0 Å². The van der Waals surface area contributed by atoms with E-state index < -0.39 is 35.0 Å². The molecule has 7 nitrogen and oxygen atoms in total. The summed E-state index contributed by atoms with van der Waals surface area (Å²) in [5.74, 6) is -3.92. The van der Waals surface area contributed by atoms with Gasteiger partial charge in [0.2, 0.25) is 0 Å². The fraction of sp³-hybridized carbons (Fsp3) is 0.0667. The van der Waals surface area contributed by atoms with Crippen molar-refractivity contribution in [3.8, 4) is 5.69 Å². The quantitative estimate of drug-likeness (QED) is 0.695. The molecule has 0 aliphatic carbocycles. The maximum atomic E-state index is 13.5. The number of tetrazole rings is 1. The Morgan fingerprint density at radius 1 is 1.00 bits per heavy atom. The van der Waals surface area contributed by atoms with Gasteiger partial charge in [0, 0.05) is 6.07 Å². The molecule has 0 aliphatic heterocycles. The third kappa shape index (κ3) is 3.61. The number of carbonyl (C=O) groups is 1. The minimum absolute atomic E-state index is 0.0835. The lowest BCUT2D eigenvalue weighted by molar-refractivity contribution is 0.251. The second kappa shape index (κ2) is 7.17. The summed E-state index contributed by atoms with van der Waals surface area (Å²) >= 11 is 0. The Morgan fingerprint density at radius 3 is 2.42 bits per heavy atom. The van der Waals surface area contributed by atoms with E-state index in [-0.39, 0.29) is 18.1 Å². The van der Waals surface area contributed by atoms with Gasteiger partial charge >= 0.3 is 6.03 Å². The zero-order valence-electron chi connectivity index (χ0n) is 12.9. The molecule has 3 aromatic rings. The lowest BCUT2D eigenvalue weighted by Crippen LogP contribution is -2.30. The Bertz CT molecular complexity index is 941. The molecular formula is C15H10F4N6O. The molecule has 0 spiro atoms. The summed E-state index contributed by atoms with van der Waals surface area (Å²) in [6, 6.07) is 5.25. The Kier molecular flexibility index (Phi) is 4.78. The zero-order chi connectivity index (χ0) is 18.7. The molecular weight excluding hydrogens is 356 g/mol. The number of hydrogen-bond acceptors (Lipinski definition) is 4. The van der Waals surface area contributed by atoms with Crippen LogP contribution in [0.3, 0.4) is 0 Å². The Balaban J connectivity index is 1.70. The molecule has 2 aromatic carbocycles. The minimum atomic E-state index is -1.09. The largest absolute Gasteiger partial charge is 0.330 e. The van der Waals surface area contributed by atoms with Gasteiger partial charge in [0.15, 0.2) is 17.5 Å². The van der Waals surface area contributed by atoms with E-state index in [0.717, 1.165) is 35.0 Å². The highest BCUT2D eigenvalue weighted by Crippen LogP contribution is 2.18. The summed E-state index contributed by atoms with van der Waals surface area (Å²) in [4.78, 5) is 11.8. The van der Waals surface area contributed by atoms with E-state index in [9.17, 15) is 22.4 Å². The highest BCUT2D eigenvalue weighted by molar-refractivity contribution is 5.89. The van der Waals surface area contributed by atoms with Crippen molar-refractivity contribution in [1.29, 1.82) is 0 Å². The fourth-order valence-corrected chi connectivity index (χ4v) is 2.07. The fourth-order valence-electron chi connectivity index (χ4n) is 2.07. The first-order chi connectivity index (χ1) is 12.5. The number of nitrogens with zero attached hydrogens (tertiary/aromatic N) is 4. The molecule has 0 aliphatic rings. The first-order valence-electron chi connectivity index (χ1n) is 7.17. The monoisotopic (exact) mass is 366 g/mol. The second-order valence-electron chi connectivity index (χ2n) is 5.01. The van der Waals surface area contributed by atoms with Gasteiger partial charge in [-0.25, -0.2) is 22.4 Å².